The third kappa shape index (κ3) is 3.45. The molecule has 9 nitrogen and oxygen atoms in total. The number of amides is 1. The number of carbonyl (C=O) groups is 2. The number of halogens is 1. The number of H-pyrrole nitrogens is 1. The molecule has 2 N–H and O–H groups in total. The third-order valence-electron chi connectivity index (χ3n) is 5.76. The summed E-state index contributed by atoms with van der Waals surface area (Å²) in [6.07, 6.45) is 1.43. The standard InChI is InChI=1S/C23H18FN5O4/c1-12-8-13(20-14-4-2-3-5-15(14)21(30)27-26-20)9-16(19(12)24)22(31)29-7-6-28-10-17(23(32)33)25-18(28)11-29/h2-5,8-10H,6-7,11H2,1H3,(H,27,30)(H,32,33). The van der Waals surface area contributed by atoms with Gasteiger partial charge in [0.25, 0.3) is 11.5 Å². The van der Waals surface area contributed by atoms with Gasteiger partial charge in [-0.1, -0.05) is 18.2 Å². The summed E-state index contributed by atoms with van der Waals surface area (Å²) in [6.45, 7) is 2.26. The van der Waals surface area contributed by atoms with Gasteiger partial charge in [0.2, 0.25) is 0 Å². The lowest BCUT2D eigenvalue weighted by atomic mass is 9.99. The monoisotopic (exact) mass is 447 g/mol. The summed E-state index contributed by atoms with van der Waals surface area (Å²) in [5.41, 5.74) is 0.632. The van der Waals surface area contributed by atoms with E-state index in [1.54, 1.807) is 41.8 Å². The first-order valence-electron chi connectivity index (χ1n) is 10.2. The van der Waals surface area contributed by atoms with Crippen LogP contribution in [-0.4, -0.2) is 48.2 Å². The minimum Gasteiger partial charge on any atom is -0.476 e. The highest BCUT2D eigenvalue weighted by molar-refractivity contribution is 5.98. The van der Waals surface area contributed by atoms with Gasteiger partial charge in [0, 0.05) is 30.2 Å². The summed E-state index contributed by atoms with van der Waals surface area (Å²) < 4.78 is 16.7. The number of carboxylic acid groups (broad SMARTS) is 1. The first-order chi connectivity index (χ1) is 15.8. The van der Waals surface area contributed by atoms with Gasteiger partial charge in [0.15, 0.2) is 5.69 Å². The topological polar surface area (TPSA) is 121 Å². The molecule has 1 aliphatic heterocycles. The Morgan fingerprint density at radius 1 is 1.15 bits per heavy atom. The Bertz CT molecular complexity index is 1510. The lowest BCUT2D eigenvalue weighted by Gasteiger charge is -2.28. The SMILES string of the molecule is Cc1cc(-c2n[nH]c(=O)c3ccccc23)cc(C(=O)N2CCn3cc(C(=O)O)nc3C2)c1F. The van der Waals surface area contributed by atoms with Crippen LogP contribution in [0, 0.1) is 12.7 Å². The van der Waals surface area contributed by atoms with Crippen LogP contribution in [0.4, 0.5) is 4.39 Å². The van der Waals surface area contributed by atoms with Gasteiger partial charge in [-0.3, -0.25) is 9.59 Å². The van der Waals surface area contributed by atoms with Crippen LogP contribution < -0.4 is 5.56 Å². The highest BCUT2D eigenvalue weighted by Gasteiger charge is 2.27. The zero-order valence-electron chi connectivity index (χ0n) is 17.5. The van der Waals surface area contributed by atoms with Gasteiger partial charge < -0.3 is 14.6 Å². The van der Waals surface area contributed by atoms with Crippen molar-refractivity contribution in [1.29, 1.82) is 0 Å². The number of carboxylic acids is 1. The Hall–Kier alpha value is -4.34. The first-order valence-corrected chi connectivity index (χ1v) is 10.2. The van der Waals surface area contributed by atoms with E-state index in [2.05, 4.69) is 15.2 Å². The number of nitrogens with one attached hydrogen (secondary N) is 1. The zero-order valence-corrected chi connectivity index (χ0v) is 17.5. The summed E-state index contributed by atoms with van der Waals surface area (Å²) in [5.74, 6) is -1.90. The quantitative estimate of drug-likeness (QED) is 0.498. The van der Waals surface area contributed by atoms with Gasteiger partial charge >= 0.3 is 5.97 Å². The number of rotatable bonds is 3. The number of imidazole rings is 1. The van der Waals surface area contributed by atoms with Gasteiger partial charge in [-0.25, -0.2) is 19.3 Å². The Morgan fingerprint density at radius 2 is 1.91 bits per heavy atom. The second-order valence-electron chi connectivity index (χ2n) is 7.87. The van der Waals surface area contributed by atoms with Gasteiger partial charge in [0.1, 0.15) is 11.6 Å². The van der Waals surface area contributed by atoms with Gasteiger partial charge in [0.05, 0.1) is 23.2 Å². The molecule has 0 unspecified atom stereocenters. The number of nitrogens with zero attached hydrogens (tertiary/aromatic N) is 4. The number of aromatic carboxylic acids is 1. The Kier molecular flexibility index (Phi) is 4.77. The van der Waals surface area contributed by atoms with E-state index in [1.165, 1.54) is 17.2 Å². The smallest absolute Gasteiger partial charge is 0.356 e. The molecule has 0 radical (unpaired) electrons. The van der Waals surface area contributed by atoms with Crippen molar-refractivity contribution in [2.24, 2.45) is 0 Å². The first kappa shape index (κ1) is 20.6. The number of hydrogen-bond acceptors (Lipinski definition) is 5. The number of aromatic amines is 1. The van der Waals surface area contributed by atoms with E-state index in [0.29, 0.717) is 34.4 Å². The van der Waals surface area contributed by atoms with Crippen molar-refractivity contribution >= 4 is 22.6 Å². The molecule has 4 aromatic rings. The molecule has 3 heterocycles. The molecule has 0 saturated heterocycles. The average Bonchev–Trinajstić information content (AvgIpc) is 3.25. The molecule has 10 heteroatoms. The Balaban J connectivity index is 1.55. The van der Waals surface area contributed by atoms with E-state index in [-0.39, 0.29) is 35.5 Å². The lowest BCUT2D eigenvalue weighted by Crippen LogP contribution is -2.38. The molecular weight excluding hydrogens is 429 g/mol. The molecule has 1 amide bonds. The van der Waals surface area contributed by atoms with Crippen LogP contribution in [0.25, 0.3) is 22.0 Å². The summed E-state index contributed by atoms with van der Waals surface area (Å²) in [7, 11) is 0. The van der Waals surface area contributed by atoms with Crippen molar-refractivity contribution < 1.29 is 19.1 Å². The van der Waals surface area contributed by atoms with Crippen LogP contribution in [0.1, 0.15) is 32.2 Å². The largest absolute Gasteiger partial charge is 0.476 e. The van der Waals surface area contributed by atoms with Crippen molar-refractivity contribution in [3.63, 3.8) is 0 Å². The fourth-order valence-corrected chi connectivity index (χ4v) is 4.10. The van der Waals surface area contributed by atoms with E-state index in [0.717, 1.165) is 0 Å². The molecule has 2 aromatic heterocycles. The molecule has 33 heavy (non-hydrogen) atoms. The second kappa shape index (κ2) is 7.66. The highest BCUT2D eigenvalue weighted by Crippen LogP contribution is 2.29. The van der Waals surface area contributed by atoms with E-state index in [1.807, 2.05) is 0 Å². The highest BCUT2D eigenvalue weighted by atomic mass is 19.1. The molecule has 5 rings (SSSR count). The molecule has 0 atom stereocenters. The van der Waals surface area contributed by atoms with Crippen molar-refractivity contribution in [1.82, 2.24) is 24.6 Å². The fraction of sp³-hybridized carbons (Fsp3) is 0.174. The molecule has 0 saturated carbocycles. The minimum atomic E-state index is -1.15. The van der Waals surface area contributed by atoms with Crippen LogP contribution in [0.2, 0.25) is 0 Å². The summed E-state index contributed by atoms with van der Waals surface area (Å²) >= 11 is 0. The Morgan fingerprint density at radius 3 is 2.67 bits per heavy atom. The van der Waals surface area contributed by atoms with E-state index in [4.69, 9.17) is 5.11 Å². The van der Waals surface area contributed by atoms with Crippen molar-refractivity contribution in [2.75, 3.05) is 6.54 Å². The molecule has 1 aliphatic rings. The van der Waals surface area contributed by atoms with Gasteiger partial charge in [-0.05, 0) is 30.7 Å². The molecular formula is C23H18FN5O4. The molecule has 2 aromatic carbocycles. The van der Waals surface area contributed by atoms with Crippen LogP contribution in [-0.2, 0) is 13.1 Å². The maximum Gasteiger partial charge on any atom is 0.356 e. The normalized spacial score (nSPS) is 13.2. The lowest BCUT2D eigenvalue weighted by molar-refractivity contribution is 0.0689. The molecule has 0 bridgehead atoms. The summed E-state index contributed by atoms with van der Waals surface area (Å²) in [5, 5.41) is 16.8. The van der Waals surface area contributed by atoms with Crippen molar-refractivity contribution in [2.45, 2.75) is 20.0 Å². The second-order valence-corrected chi connectivity index (χ2v) is 7.87. The van der Waals surface area contributed by atoms with Gasteiger partial charge in [-0.2, -0.15) is 5.10 Å². The van der Waals surface area contributed by atoms with Crippen molar-refractivity contribution in [3.05, 3.63) is 81.4 Å². The number of fused-ring (bicyclic) bond motifs is 2. The van der Waals surface area contributed by atoms with E-state index in [9.17, 15) is 14.4 Å². The molecule has 0 aliphatic carbocycles. The number of aryl methyl sites for hydroxylation is 1. The average molecular weight is 447 g/mol. The number of aromatic nitrogens is 4. The number of carbonyl (C=O) groups excluding carboxylic acids is 1. The van der Waals surface area contributed by atoms with Crippen LogP contribution >= 0.6 is 0 Å². The predicted octanol–water partition coefficient (Wildman–Crippen LogP) is 2.59. The summed E-state index contributed by atoms with van der Waals surface area (Å²) in [6, 6.07) is 9.95. The fourth-order valence-electron chi connectivity index (χ4n) is 4.10. The zero-order chi connectivity index (χ0) is 23.3. The Labute approximate surface area is 186 Å². The summed E-state index contributed by atoms with van der Waals surface area (Å²) in [4.78, 5) is 42.1. The molecule has 0 spiro atoms. The predicted molar refractivity (Wildman–Crippen MR) is 116 cm³/mol. The van der Waals surface area contributed by atoms with Crippen LogP contribution in [0.3, 0.4) is 0 Å². The van der Waals surface area contributed by atoms with Crippen molar-refractivity contribution in [3.8, 4) is 11.3 Å². The van der Waals surface area contributed by atoms with E-state index >= 15 is 4.39 Å². The maximum atomic E-state index is 15.1. The minimum absolute atomic E-state index is 0.0642. The third-order valence-corrected chi connectivity index (χ3v) is 5.76. The van der Waals surface area contributed by atoms with Gasteiger partial charge in [-0.15, -0.1) is 0 Å². The van der Waals surface area contributed by atoms with Crippen LogP contribution in [0.5, 0.6) is 0 Å². The number of hydrogen-bond donors (Lipinski definition) is 2. The molecule has 0 fully saturated rings. The molecule has 166 valence electrons. The van der Waals surface area contributed by atoms with E-state index < -0.39 is 17.7 Å². The number of benzene rings is 2. The van der Waals surface area contributed by atoms with Crippen LogP contribution in [0.15, 0.2) is 47.4 Å². The maximum absolute atomic E-state index is 15.1.